The minimum Gasteiger partial charge on any atom is -0.252 e. The Morgan fingerprint density at radius 3 is 2.32 bits per heavy atom. The molecule has 0 unspecified atom stereocenters. The molecule has 3 saturated carbocycles. The zero-order valence-corrected chi connectivity index (χ0v) is 16.5. The van der Waals surface area contributed by atoms with Crippen LogP contribution < -0.4 is 0 Å². The number of nitrogens with zero attached hydrogens (tertiary/aromatic N) is 4. The quantitative estimate of drug-likeness (QED) is 0.420. The molecule has 3 aliphatic carbocycles. The van der Waals surface area contributed by atoms with E-state index in [2.05, 4.69) is 21.8 Å². The second-order valence-corrected chi connectivity index (χ2v) is 8.82. The predicted molar refractivity (Wildman–Crippen MR) is 112 cm³/mol. The van der Waals surface area contributed by atoms with Crippen molar-refractivity contribution in [3.8, 4) is 22.9 Å². The lowest BCUT2D eigenvalue weighted by atomic mass is 9.50. The van der Waals surface area contributed by atoms with Crippen LogP contribution in [0.15, 0.2) is 54.7 Å². The van der Waals surface area contributed by atoms with E-state index in [0.29, 0.717) is 15.9 Å². The van der Waals surface area contributed by atoms with Crippen LogP contribution in [0.2, 0.25) is 10.0 Å². The van der Waals surface area contributed by atoms with E-state index in [4.69, 9.17) is 33.3 Å². The molecule has 0 saturated heterocycles. The van der Waals surface area contributed by atoms with E-state index in [9.17, 15) is 0 Å². The van der Waals surface area contributed by atoms with Gasteiger partial charge in [0.1, 0.15) is 5.69 Å². The molecule has 4 aromatic rings. The number of hydrogen-bond donors (Lipinski definition) is 0. The first-order valence-corrected chi connectivity index (χ1v) is 10.1. The molecular weight excluding hydrogens is 391 g/mol. The van der Waals surface area contributed by atoms with E-state index in [0.717, 1.165) is 33.8 Å². The number of pyridine rings is 1. The van der Waals surface area contributed by atoms with Crippen LogP contribution in [-0.4, -0.2) is 19.7 Å². The molecule has 2 aromatic carbocycles. The lowest BCUT2D eigenvalue weighted by Crippen LogP contribution is -2.59. The highest BCUT2D eigenvalue weighted by Gasteiger charge is 2.59. The Labute approximate surface area is 172 Å². The van der Waals surface area contributed by atoms with Gasteiger partial charge in [-0.05, 0) is 54.8 Å². The van der Waals surface area contributed by atoms with Crippen molar-refractivity contribution in [2.24, 2.45) is 5.92 Å². The molecule has 3 aliphatic rings. The van der Waals surface area contributed by atoms with Gasteiger partial charge in [-0.1, -0.05) is 47.5 Å². The molecule has 0 spiro atoms. The fraction of sp³-hybridized carbons (Fsp3) is 0.227. The Hall–Kier alpha value is -2.43. The largest absolute Gasteiger partial charge is 0.252 e. The van der Waals surface area contributed by atoms with Crippen molar-refractivity contribution in [3.63, 3.8) is 0 Å². The Morgan fingerprint density at radius 2 is 1.64 bits per heavy atom. The maximum Gasteiger partial charge on any atom is 0.200 e. The fourth-order valence-electron chi connectivity index (χ4n) is 4.52. The lowest BCUT2D eigenvalue weighted by molar-refractivity contribution is -0.0965. The smallest absolute Gasteiger partial charge is 0.200 e. The molecule has 2 bridgehead atoms. The molecule has 0 radical (unpaired) electrons. The zero-order valence-electron chi connectivity index (χ0n) is 14.9. The molecule has 0 amide bonds. The SMILES string of the molecule is Clc1cc(Cl)cc(-c2nc(-c3cc4ccccc4cn3)nn2C23CC(C2)C3)c1. The van der Waals surface area contributed by atoms with E-state index in [1.165, 1.54) is 19.3 Å². The summed E-state index contributed by atoms with van der Waals surface area (Å²) in [5.41, 5.74) is 1.76. The Balaban J connectivity index is 1.53. The van der Waals surface area contributed by atoms with Gasteiger partial charge in [-0.3, -0.25) is 4.98 Å². The van der Waals surface area contributed by atoms with Crippen molar-refractivity contribution in [2.75, 3.05) is 0 Å². The number of halogens is 2. The van der Waals surface area contributed by atoms with Crippen LogP contribution in [0.1, 0.15) is 19.3 Å². The normalized spacial score (nSPS) is 22.7. The van der Waals surface area contributed by atoms with Crippen LogP contribution in [0, 0.1) is 5.92 Å². The highest BCUT2D eigenvalue weighted by molar-refractivity contribution is 6.35. The van der Waals surface area contributed by atoms with Crippen molar-refractivity contribution in [2.45, 2.75) is 24.8 Å². The van der Waals surface area contributed by atoms with Gasteiger partial charge < -0.3 is 0 Å². The summed E-state index contributed by atoms with van der Waals surface area (Å²) in [6.07, 6.45) is 5.38. The average molecular weight is 407 g/mol. The van der Waals surface area contributed by atoms with E-state index in [-0.39, 0.29) is 5.54 Å². The summed E-state index contributed by atoms with van der Waals surface area (Å²) in [4.78, 5) is 9.49. The van der Waals surface area contributed by atoms with Crippen LogP contribution >= 0.6 is 23.2 Å². The number of benzene rings is 2. The third-order valence-corrected chi connectivity index (χ3v) is 6.48. The van der Waals surface area contributed by atoms with Gasteiger partial charge in [0.15, 0.2) is 11.6 Å². The topological polar surface area (TPSA) is 43.6 Å². The second-order valence-electron chi connectivity index (χ2n) is 7.95. The van der Waals surface area contributed by atoms with Gasteiger partial charge in [0.2, 0.25) is 0 Å². The van der Waals surface area contributed by atoms with Gasteiger partial charge in [0.05, 0.1) is 5.54 Å². The van der Waals surface area contributed by atoms with Crippen LogP contribution in [0.4, 0.5) is 0 Å². The average Bonchev–Trinajstić information content (AvgIpc) is 3.03. The molecule has 2 aromatic heterocycles. The minimum absolute atomic E-state index is 0.0941. The number of rotatable bonds is 3. The molecule has 0 atom stereocenters. The summed E-state index contributed by atoms with van der Waals surface area (Å²) in [7, 11) is 0. The summed E-state index contributed by atoms with van der Waals surface area (Å²) in [5.74, 6) is 2.29. The molecular formula is C22H16Cl2N4. The summed E-state index contributed by atoms with van der Waals surface area (Å²) in [6.45, 7) is 0. The molecule has 2 heterocycles. The molecule has 28 heavy (non-hydrogen) atoms. The maximum absolute atomic E-state index is 6.26. The van der Waals surface area contributed by atoms with Crippen LogP contribution in [0.5, 0.6) is 0 Å². The van der Waals surface area contributed by atoms with E-state index in [1.807, 2.05) is 36.5 Å². The Kier molecular flexibility index (Phi) is 3.41. The monoisotopic (exact) mass is 406 g/mol. The third kappa shape index (κ3) is 2.41. The van der Waals surface area contributed by atoms with Gasteiger partial charge >= 0.3 is 0 Å². The predicted octanol–water partition coefficient (Wildman–Crippen LogP) is 5.98. The third-order valence-electron chi connectivity index (χ3n) is 6.04. The standard InChI is InChI=1S/C22H16Cl2N4/c23-17-5-16(6-18(24)8-17)21-26-20(27-28(21)22-9-13(10-22)11-22)19-7-14-3-1-2-4-15(14)12-25-19/h1-8,12-13H,9-11H2. The maximum atomic E-state index is 6.26. The van der Waals surface area contributed by atoms with Gasteiger partial charge in [-0.25, -0.2) is 9.67 Å². The van der Waals surface area contributed by atoms with Crippen LogP contribution in [0.3, 0.4) is 0 Å². The molecule has 7 rings (SSSR count). The number of hydrogen-bond acceptors (Lipinski definition) is 3. The highest BCUT2D eigenvalue weighted by atomic mass is 35.5. The van der Waals surface area contributed by atoms with E-state index < -0.39 is 0 Å². The highest BCUT2D eigenvalue weighted by Crippen LogP contribution is 2.62. The summed E-state index contributed by atoms with van der Waals surface area (Å²) < 4.78 is 2.10. The minimum atomic E-state index is 0.0941. The Morgan fingerprint density at radius 1 is 0.929 bits per heavy atom. The van der Waals surface area contributed by atoms with Gasteiger partial charge in [-0.15, -0.1) is 5.10 Å². The first kappa shape index (κ1) is 16.5. The van der Waals surface area contributed by atoms with E-state index >= 15 is 0 Å². The zero-order chi connectivity index (χ0) is 18.9. The summed E-state index contributed by atoms with van der Waals surface area (Å²) in [5, 5.41) is 8.34. The van der Waals surface area contributed by atoms with Gasteiger partial charge in [0.25, 0.3) is 0 Å². The summed E-state index contributed by atoms with van der Waals surface area (Å²) >= 11 is 12.5. The van der Waals surface area contributed by atoms with Crippen LogP contribution in [0.25, 0.3) is 33.7 Å². The van der Waals surface area contributed by atoms with Crippen molar-refractivity contribution in [3.05, 3.63) is 64.8 Å². The first-order valence-electron chi connectivity index (χ1n) is 9.39. The first-order chi connectivity index (χ1) is 13.6. The number of aromatic nitrogens is 4. The Bertz CT molecular complexity index is 1210. The second kappa shape index (κ2) is 5.79. The molecule has 138 valence electrons. The van der Waals surface area contributed by atoms with Crippen LogP contribution in [-0.2, 0) is 5.54 Å². The summed E-state index contributed by atoms with van der Waals surface area (Å²) in [6, 6.07) is 15.8. The number of fused-ring (bicyclic) bond motifs is 1. The molecule has 3 fully saturated rings. The molecule has 0 aliphatic heterocycles. The van der Waals surface area contributed by atoms with E-state index in [1.54, 1.807) is 6.07 Å². The molecule has 0 N–H and O–H groups in total. The van der Waals surface area contributed by atoms with Crippen molar-refractivity contribution >= 4 is 34.0 Å². The molecule has 4 nitrogen and oxygen atoms in total. The van der Waals surface area contributed by atoms with Gasteiger partial charge in [-0.2, -0.15) is 0 Å². The van der Waals surface area contributed by atoms with Crippen molar-refractivity contribution < 1.29 is 0 Å². The molecule has 6 heteroatoms. The van der Waals surface area contributed by atoms with Gasteiger partial charge in [0, 0.05) is 27.2 Å². The van der Waals surface area contributed by atoms with Crippen molar-refractivity contribution in [1.82, 2.24) is 19.7 Å². The lowest BCUT2D eigenvalue weighted by Gasteiger charge is -2.61. The van der Waals surface area contributed by atoms with Crippen molar-refractivity contribution in [1.29, 1.82) is 0 Å². The fourth-order valence-corrected chi connectivity index (χ4v) is 5.05.